The van der Waals surface area contributed by atoms with Crippen molar-refractivity contribution in [1.82, 2.24) is 10.6 Å². The first-order valence-corrected chi connectivity index (χ1v) is 4.58. The molecular formula is C8H16N2O3. The zero-order chi connectivity index (χ0) is 9.52. The van der Waals surface area contributed by atoms with Crippen LogP contribution in [0.5, 0.6) is 0 Å². The molecule has 1 aliphatic rings. The molecule has 5 nitrogen and oxygen atoms in total. The van der Waals surface area contributed by atoms with Gasteiger partial charge in [-0.2, -0.15) is 0 Å². The van der Waals surface area contributed by atoms with Gasteiger partial charge in [0.15, 0.2) is 0 Å². The van der Waals surface area contributed by atoms with Crippen LogP contribution in [0.4, 0.5) is 4.79 Å². The standard InChI is InChI=1S/C8H16N2O3/c11-5-6-13-8(12)10-7-1-3-9-4-2-7/h7,9,11H,1-6H2,(H,10,12). The fourth-order valence-corrected chi connectivity index (χ4v) is 1.31. The van der Waals surface area contributed by atoms with Gasteiger partial charge in [0.2, 0.25) is 0 Å². The molecule has 13 heavy (non-hydrogen) atoms. The SMILES string of the molecule is O=C(NC1CCNCC1)OCCO. The number of ether oxygens (including phenoxy) is 1. The lowest BCUT2D eigenvalue weighted by Gasteiger charge is -2.23. The second-order valence-electron chi connectivity index (χ2n) is 3.03. The van der Waals surface area contributed by atoms with Crippen molar-refractivity contribution >= 4 is 6.09 Å². The summed E-state index contributed by atoms with van der Waals surface area (Å²) in [5, 5.41) is 14.3. The molecular weight excluding hydrogens is 172 g/mol. The summed E-state index contributed by atoms with van der Waals surface area (Å²) in [6.07, 6.45) is 1.45. The Morgan fingerprint density at radius 3 is 2.85 bits per heavy atom. The van der Waals surface area contributed by atoms with Gasteiger partial charge >= 0.3 is 6.09 Å². The molecule has 0 atom stereocenters. The van der Waals surface area contributed by atoms with Crippen LogP contribution in [0.25, 0.3) is 0 Å². The first-order valence-electron chi connectivity index (χ1n) is 4.58. The van der Waals surface area contributed by atoms with E-state index in [1.807, 2.05) is 0 Å². The number of carbonyl (C=O) groups is 1. The maximum atomic E-state index is 11.0. The van der Waals surface area contributed by atoms with Gasteiger partial charge in [0.25, 0.3) is 0 Å². The van der Waals surface area contributed by atoms with Crippen LogP contribution in [0.3, 0.4) is 0 Å². The van der Waals surface area contributed by atoms with Gasteiger partial charge in [-0.15, -0.1) is 0 Å². The van der Waals surface area contributed by atoms with Crippen LogP contribution in [0.15, 0.2) is 0 Å². The van der Waals surface area contributed by atoms with Gasteiger partial charge in [0, 0.05) is 6.04 Å². The van der Waals surface area contributed by atoms with Crippen molar-refractivity contribution < 1.29 is 14.6 Å². The summed E-state index contributed by atoms with van der Waals surface area (Å²) in [5.41, 5.74) is 0. The third-order valence-electron chi connectivity index (χ3n) is 1.99. The highest BCUT2D eigenvalue weighted by Crippen LogP contribution is 2.01. The molecule has 0 radical (unpaired) electrons. The number of piperidine rings is 1. The number of rotatable bonds is 3. The van der Waals surface area contributed by atoms with Crippen LogP contribution >= 0.6 is 0 Å². The van der Waals surface area contributed by atoms with Crippen molar-refractivity contribution in [2.45, 2.75) is 18.9 Å². The predicted molar refractivity (Wildman–Crippen MR) is 47.5 cm³/mol. The molecule has 0 spiro atoms. The zero-order valence-corrected chi connectivity index (χ0v) is 7.58. The van der Waals surface area contributed by atoms with Crippen molar-refractivity contribution in [2.75, 3.05) is 26.3 Å². The summed E-state index contributed by atoms with van der Waals surface area (Å²) in [7, 11) is 0. The van der Waals surface area contributed by atoms with Crippen molar-refractivity contribution in [1.29, 1.82) is 0 Å². The monoisotopic (exact) mass is 188 g/mol. The minimum atomic E-state index is -0.430. The highest BCUT2D eigenvalue weighted by Gasteiger charge is 2.15. The smallest absolute Gasteiger partial charge is 0.407 e. The van der Waals surface area contributed by atoms with E-state index in [1.165, 1.54) is 0 Å². The molecule has 1 fully saturated rings. The molecule has 1 rings (SSSR count). The molecule has 0 unspecified atom stereocenters. The second-order valence-corrected chi connectivity index (χ2v) is 3.03. The average Bonchev–Trinajstić information content (AvgIpc) is 2.16. The fraction of sp³-hybridized carbons (Fsp3) is 0.875. The molecule has 0 aromatic heterocycles. The van der Waals surface area contributed by atoms with E-state index in [4.69, 9.17) is 5.11 Å². The summed E-state index contributed by atoms with van der Waals surface area (Å²) in [6.45, 7) is 1.81. The third-order valence-corrected chi connectivity index (χ3v) is 1.99. The Morgan fingerprint density at radius 2 is 2.23 bits per heavy atom. The van der Waals surface area contributed by atoms with Crippen LogP contribution in [0.2, 0.25) is 0 Å². The van der Waals surface area contributed by atoms with Gasteiger partial charge < -0.3 is 20.5 Å². The van der Waals surface area contributed by atoms with Crippen molar-refractivity contribution in [2.24, 2.45) is 0 Å². The fourth-order valence-electron chi connectivity index (χ4n) is 1.31. The van der Waals surface area contributed by atoms with E-state index in [0.717, 1.165) is 25.9 Å². The van der Waals surface area contributed by atoms with Gasteiger partial charge in [-0.1, -0.05) is 0 Å². The van der Waals surface area contributed by atoms with E-state index in [0.29, 0.717) is 0 Å². The number of nitrogens with one attached hydrogen (secondary N) is 2. The van der Waals surface area contributed by atoms with Crippen LogP contribution in [0.1, 0.15) is 12.8 Å². The lowest BCUT2D eigenvalue weighted by Crippen LogP contribution is -2.43. The molecule has 76 valence electrons. The van der Waals surface area contributed by atoms with Crippen molar-refractivity contribution in [3.63, 3.8) is 0 Å². The van der Waals surface area contributed by atoms with Crippen LogP contribution in [0, 0.1) is 0 Å². The number of aliphatic hydroxyl groups is 1. The maximum absolute atomic E-state index is 11.0. The second kappa shape index (κ2) is 5.77. The van der Waals surface area contributed by atoms with E-state index in [1.54, 1.807) is 0 Å². The summed E-state index contributed by atoms with van der Waals surface area (Å²) < 4.78 is 4.67. The third kappa shape index (κ3) is 4.10. The van der Waals surface area contributed by atoms with E-state index < -0.39 is 6.09 Å². The first kappa shape index (κ1) is 10.3. The maximum Gasteiger partial charge on any atom is 0.407 e. The van der Waals surface area contributed by atoms with Crippen molar-refractivity contribution in [3.8, 4) is 0 Å². The van der Waals surface area contributed by atoms with Crippen LogP contribution < -0.4 is 10.6 Å². The number of hydrogen-bond donors (Lipinski definition) is 3. The predicted octanol–water partition coefficient (Wildman–Crippen LogP) is -0.543. The van der Waals surface area contributed by atoms with E-state index in [9.17, 15) is 4.79 Å². The Kier molecular flexibility index (Phi) is 4.56. The molecule has 1 heterocycles. The Balaban J connectivity index is 2.11. The average molecular weight is 188 g/mol. The summed E-state index contributed by atoms with van der Waals surface area (Å²) in [4.78, 5) is 11.0. The zero-order valence-electron chi connectivity index (χ0n) is 7.58. The topological polar surface area (TPSA) is 70.6 Å². The molecule has 0 saturated carbocycles. The van der Waals surface area contributed by atoms with E-state index >= 15 is 0 Å². The highest BCUT2D eigenvalue weighted by molar-refractivity contribution is 5.67. The Bertz CT molecular complexity index is 157. The minimum absolute atomic E-state index is 0.0663. The molecule has 0 aliphatic carbocycles. The van der Waals surface area contributed by atoms with Gasteiger partial charge in [-0.3, -0.25) is 0 Å². The summed E-state index contributed by atoms with van der Waals surface area (Å²) >= 11 is 0. The van der Waals surface area contributed by atoms with Gasteiger partial charge in [0.05, 0.1) is 6.61 Å². The molecule has 0 bridgehead atoms. The molecule has 0 aromatic rings. The van der Waals surface area contributed by atoms with Crippen molar-refractivity contribution in [3.05, 3.63) is 0 Å². The molecule has 3 N–H and O–H groups in total. The lowest BCUT2D eigenvalue weighted by atomic mass is 10.1. The Labute approximate surface area is 77.5 Å². The van der Waals surface area contributed by atoms with E-state index in [2.05, 4.69) is 15.4 Å². The van der Waals surface area contributed by atoms with Gasteiger partial charge in [-0.25, -0.2) is 4.79 Å². The number of alkyl carbamates (subject to hydrolysis) is 1. The molecule has 1 aliphatic heterocycles. The molecule has 5 heteroatoms. The number of hydrogen-bond acceptors (Lipinski definition) is 4. The van der Waals surface area contributed by atoms with Crippen LogP contribution in [-0.4, -0.2) is 43.5 Å². The van der Waals surface area contributed by atoms with Gasteiger partial charge in [-0.05, 0) is 25.9 Å². The molecule has 1 amide bonds. The van der Waals surface area contributed by atoms with Gasteiger partial charge in [0.1, 0.15) is 6.61 Å². The van der Waals surface area contributed by atoms with E-state index in [-0.39, 0.29) is 19.3 Å². The number of amides is 1. The molecule has 1 saturated heterocycles. The first-order chi connectivity index (χ1) is 6.33. The largest absolute Gasteiger partial charge is 0.447 e. The highest BCUT2D eigenvalue weighted by atomic mass is 16.6. The normalized spacial score (nSPS) is 18.2. The molecule has 0 aromatic carbocycles. The lowest BCUT2D eigenvalue weighted by molar-refractivity contribution is 0.114. The van der Waals surface area contributed by atoms with Crippen LogP contribution in [-0.2, 0) is 4.74 Å². The Morgan fingerprint density at radius 1 is 1.54 bits per heavy atom. The number of carbonyl (C=O) groups excluding carboxylic acids is 1. The minimum Gasteiger partial charge on any atom is -0.447 e. The Hall–Kier alpha value is -0.810. The number of aliphatic hydroxyl groups excluding tert-OH is 1. The summed E-state index contributed by atoms with van der Waals surface area (Å²) in [6, 6.07) is 0.215. The quantitative estimate of drug-likeness (QED) is 0.556. The summed E-state index contributed by atoms with van der Waals surface area (Å²) in [5.74, 6) is 0.